The third-order valence-electron chi connectivity index (χ3n) is 3.91. The van der Waals surface area contributed by atoms with E-state index in [2.05, 4.69) is 32.9 Å². The molecule has 4 nitrogen and oxygen atoms in total. The second kappa shape index (κ2) is 6.03. The second-order valence-corrected chi connectivity index (χ2v) is 7.03. The molecule has 1 aromatic heterocycles. The van der Waals surface area contributed by atoms with Gasteiger partial charge in [-0.05, 0) is 42.5 Å². The van der Waals surface area contributed by atoms with Crippen LogP contribution < -0.4 is 5.56 Å². The highest BCUT2D eigenvalue weighted by atomic mass is 16.4. The van der Waals surface area contributed by atoms with Gasteiger partial charge in [-0.25, -0.2) is 4.79 Å². The predicted molar refractivity (Wildman–Crippen MR) is 92.2 cm³/mol. The number of pyridine rings is 1. The summed E-state index contributed by atoms with van der Waals surface area (Å²) < 4.78 is 1.54. The maximum atomic E-state index is 12.5. The van der Waals surface area contributed by atoms with E-state index in [1.165, 1.54) is 16.2 Å². The van der Waals surface area contributed by atoms with Crippen molar-refractivity contribution in [3.8, 4) is 11.3 Å². The minimum absolute atomic E-state index is 0.0589. The molecule has 23 heavy (non-hydrogen) atoms. The lowest BCUT2D eigenvalue weighted by atomic mass is 9.86. The molecule has 0 aliphatic carbocycles. The van der Waals surface area contributed by atoms with Crippen LogP contribution in [-0.4, -0.2) is 15.6 Å². The minimum Gasteiger partial charge on any atom is -0.477 e. The van der Waals surface area contributed by atoms with Crippen LogP contribution >= 0.6 is 0 Å². The molecule has 1 aromatic carbocycles. The molecule has 1 heterocycles. The SMILES string of the molecule is CC(C)n1c(-c2ccc(C(C)(C)C)cc2)ccc(C(=O)O)c1=O. The zero-order chi connectivity index (χ0) is 17.4. The van der Waals surface area contributed by atoms with Crippen molar-refractivity contribution < 1.29 is 9.90 Å². The number of carboxylic acids is 1. The van der Waals surface area contributed by atoms with Crippen molar-refractivity contribution in [2.45, 2.75) is 46.1 Å². The smallest absolute Gasteiger partial charge is 0.341 e. The van der Waals surface area contributed by atoms with Gasteiger partial charge in [0.2, 0.25) is 0 Å². The van der Waals surface area contributed by atoms with Gasteiger partial charge in [0.15, 0.2) is 0 Å². The lowest BCUT2D eigenvalue weighted by Gasteiger charge is -2.21. The van der Waals surface area contributed by atoms with Gasteiger partial charge in [0.25, 0.3) is 5.56 Å². The van der Waals surface area contributed by atoms with Crippen LogP contribution in [0.1, 0.15) is 56.6 Å². The van der Waals surface area contributed by atoms with Crippen LogP contribution in [0.4, 0.5) is 0 Å². The van der Waals surface area contributed by atoms with Crippen LogP contribution in [0, 0.1) is 0 Å². The summed E-state index contributed by atoms with van der Waals surface area (Å²) in [5.41, 5.74) is 2.24. The van der Waals surface area contributed by atoms with Crippen molar-refractivity contribution in [2.75, 3.05) is 0 Å². The Morgan fingerprint density at radius 3 is 2.04 bits per heavy atom. The van der Waals surface area contributed by atoms with E-state index in [-0.39, 0.29) is 17.0 Å². The highest BCUT2D eigenvalue weighted by Crippen LogP contribution is 2.27. The Hall–Kier alpha value is -2.36. The highest BCUT2D eigenvalue weighted by Gasteiger charge is 2.18. The van der Waals surface area contributed by atoms with E-state index in [1.807, 2.05) is 26.0 Å². The summed E-state index contributed by atoms with van der Waals surface area (Å²) in [5, 5.41) is 9.15. The van der Waals surface area contributed by atoms with Crippen molar-refractivity contribution in [3.63, 3.8) is 0 Å². The first-order valence-corrected chi connectivity index (χ1v) is 7.72. The minimum atomic E-state index is -1.20. The molecule has 122 valence electrons. The Morgan fingerprint density at radius 1 is 1.04 bits per heavy atom. The zero-order valence-electron chi connectivity index (χ0n) is 14.3. The van der Waals surface area contributed by atoms with Gasteiger partial charge >= 0.3 is 5.97 Å². The van der Waals surface area contributed by atoms with Crippen LogP contribution in [0.3, 0.4) is 0 Å². The summed E-state index contributed by atoms with van der Waals surface area (Å²) in [6, 6.07) is 11.0. The van der Waals surface area contributed by atoms with Crippen LogP contribution in [-0.2, 0) is 5.41 Å². The molecule has 0 amide bonds. The molecule has 2 rings (SSSR count). The van der Waals surface area contributed by atoms with E-state index in [1.54, 1.807) is 6.07 Å². The monoisotopic (exact) mass is 313 g/mol. The number of carbonyl (C=O) groups is 1. The number of aromatic carboxylic acids is 1. The average Bonchev–Trinajstić information content (AvgIpc) is 2.45. The zero-order valence-corrected chi connectivity index (χ0v) is 14.3. The second-order valence-electron chi connectivity index (χ2n) is 7.03. The van der Waals surface area contributed by atoms with Gasteiger partial charge in [0.05, 0.1) is 5.69 Å². The number of aromatic nitrogens is 1. The van der Waals surface area contributed by atoms with E-state index in [0.29, 0.717) is 0 Å². The van der Waals surface area contributed by atoms with Crippen molar-refractivity contribution in [2.24, 2.45) is 0 Å². The van der Waals surface area contributed by atoms with Gasteiger partial charge in [-0.15, -0.1) is 0 Å². The van der Waals surface area contributed by atoms with Crippen LogP contribution in [0.25, 0.3) is 11.3 Å². The van der Waals surface area contributed by atoms with Crippen molar-refractivity contribution in [1.29, 1.82) is 0 Å². The fourth-order valence-corrected chi connectivity index (χ4v) is 2.60. The number of hydrogen-bond donors (Lipinski definition) is 1. The van der Waals surface area contributed by atoms with Crippen molar-refractivity contribution in [1.82, 2.24) is 4.57 Å². The molecular formula is C19H23NO3. The Balaban J connectivity index is 2.62. The fourth-order valence-electron chi connectivity index (χ4n) is 2.60. The number of carboxylic acid groups (broad SMARTS) is 1. The van der Waals surface area contributed by atoms with Crippen molar-refractivity contribution in [3.05, 3.63) is 57.9 Å². The average molecular weight is 313 g/mol. The molecule has 2 aromatic rings. The number of nitrogens with zero attached hydrogens (tertiary/aromatic N) is 1. The van der Waals surface area contributed by atoms with E-state index in [0.717, 1.165) is 11.3 Å². The maximum absolute atomic E-state index is 12.5. The highest BCUT2D eigenvalue weighted by molar-refractivity contribution is 5.87. The first kappa shape index (κ1) is 17.0. The molecule has 0 fully saturated rings. The summed E-state index contributed by atoms with van der Waals surface area (Å²) in [6.45, 7) is 10.2. The van der Waals surface area contributed by atoms with Gasteiger partial charge < -0.3 is 9.67 Å². The molecule has 0 aliphatic rings. The number of hydrogen-bond acceptors (Lipinski definition) is 2. The van der Waals surface area contributed by atoms with Gasteiger partial charge in [-0.1, -0.05) is 45.0 Å². The molecule has 0 unspecified atom stereocenters. The van der Waals surface area contributed by atoms with E-state index in [4.69, 9.17) is 5.11 Å². The van der Waals surface area contributed by atoms with Crippen LogP contribution in [0.15, 0.2) is 41.2 Å². The summed E-state index contributed by atoms with van der Waals surface area (Å²) in [6.07, 6.45) is 0. The molecule has 1 N–H and O–H groups in total. The summed E-state index contributed by atoms with van der Waals surface area (Å²) in [4.78, 5) is 23.6. The molecular weight excluding hydrogens is 290 g/mol. The third-order valence-corrected chi connectivity index (χ3v) is 3.91. The Labute approximate surface area is 136 Å². The molecule has 0 spiro atoms. The number of rotatable bonds is 3. The maximum Gasteiger partial charge on any atom is 0.341 e. The fraction of sp³-hybridized carbons (Fsp3) is 0.368. The lowest BCUT2D eigenvalue weighted by molar-refractivity contribution is 0.0694. The molecule has 0 aliphatic heterocycles. The van der Waals surface area contributed by atoms with Crippen LogP contribution in [0.2, 0.25) is 0 Å². The normalized spacial score (nSPS) is 11.7. The third kappa shape index (κ3) is 3.36. The van der Waals surface area contributed by atoms with Gasteiger partial charge in [-0.3, -0.25) is 4.79 Å². The summed E-state index contributed by atoms with van der Waals surface area (Å²) in [7, 11) is 0. The van der Waals surface area contributed by atoms with Gasteiger partial charge in [-0.2, -0.15) is 0 Å². The standard InChI is InChI=1S/C19H23NO3/c1-12(2)20-16(11-10-15(17(20)21)18(22)23)13-6-8-14(9-7-13)19(3,4)5/h6-12H,1-5H3,(H,22,23). The molecule has 0 bridgehead atoms. The lowest BCUT2D eigenvalue weighted by Crippen LogP contribution is -2.28. The molecule has 0 radical (unpaired) electrons. The summed E-state index contributed by atoms with van der Waals surface area (Å²) in [5.74, 6) is -1.20. The van der Waals surface area contributed by atoms with Gasteiger partial charge in [0.1, 0.15) is 5.56 Å². The molecule has 0 atom stereocenters. The Bertz CT molecular complexity index is 778. The van der Waals surface area contributed by atoms with E-state index >= 15 is 0 Å². The van der Waals surface area contributed by atoms with Gasteiger partial charge in [0, 0.05) is 6.04 Å². The topological polar surface area (TPSA) is 59.3 Å². The largest absolute Gasteiger partial charge is 0.477 e. The quantitative estimate of drug-likeness (QED) is 0.928. The number of benzene rings is 1. The molecule has 0 saturated heterocycles. The first-order chi connectivity index (χ1) is 10.6. The Morgan fingerprint density at radius 2 is 1.61 bits per heavy atom. The van der Waals surface area contributed by atoms with E-state index < -0.39 is 11.5 Å². The summed E-state index contributed by atoms with van der Waals surface area (Å²) >= 11 is 0. The Kier molecular flexibility index (Phi) is 4.46. The van der Waals surface area contributed by atoms with Crippen LogP contribution in [0.5, 0.6) is 0 Å². The predicted octanol–water partition coefficient (Wildman–Crippen LogP) is 4.09. The molecule has 0 saturated carbocycles. The van der Waals surface area contributed by atoms with E-state index in [9.17, 15) is 9.59 Å². The molecule has 4 heteroatoms. The van der Waals surface area contributed by atoms with Crippen molar-refractivity contribution >= 4 is 5.97 Å². The first-order valence-electron chi connectivity index (χ1n) is 7.72.